The van der Waals surface area contributed by atoms with Gasteiger partial charge < -0.3 is 0 Å². The van der Waals surface area contributed by atoms with E-state index in [2.05, 4.69) is 0 Å². The average Bonchev–Trinajstić information content (AvgIpc) is 2.34. The van der Waals surface area contributed by atoms with Gasteiger partial charge in [-0.25, -0.2) is 0 Å². The van der Waals surface area contributed by atoms with Crippen molar-refractivity contribution in [1.82, 2.24) is 4.57 Å². The van der Waals surface area contributed by atoms with E-state index in [1.54, 1.807) is 12.3 Å². The molecule has 0 N–H and O–H groups in total. The van der Waals surface area contributed by atoms with E-state index >= 15 is 0 Å². The minimum atomic E-state index is -0.0819. The van der Waals surface area contributed by atoms with Crippen molar-refractivity contribution in [1.29, 1.82) is 5.26 Å². The fraction of sp³-hybridized carbons (Fsp3) is 0.143. The first-order chi connectivity index (χ1) is 4.74. The van der Waals surface area contributed by atoms with Crippen LogP contribution in [-0.2, 0) is 0 Å². The number of aromatic nitrogens is 1. The summed E-state index contributed by atoms with van der Waals surface area (Å²) in [6, 6.07) is 3.53. The zero-order valence-electron chi connectivity index (χ0n) is 5.53. The monoisotopic (exact) mass is 134 g/mol. The topological polar surface area (TPSA) is 45.8 Å². The first-order valence-corrected chi connectivity index (χ1v) is 2.83. The summed E-state index contributed by atoms with van der Waals surface area (Å²) in [7, 11) is 0. The van der Waals surface area contributed by atoms with Crippen LogP contribution in [0.1, 0.15) is 17.3 Å². The van der Waals surface area contributed by atoms with E-state index in [9.17, 15) is 4.79 Å². The third kappa shape index (κ3) is 1.06. The number of rotatable bonds is 0. The highest BCUT2D eigenvalue weighted by Crippen LogP contribution is 1.97. The Morgan fingerprint density at radius 1 is 1.80 bits per heavy atom. The molecule has 0 aliphatic carbocycles. The highest BCUT2D eigenvalue weighted by Gasteiger charge is 1.96. The van der Waals surface area contributed by atoms with Crippen LogP contribution in [0.15, 0.2) is 18.5 Å². The molecule has 0 saturated carbocycles. The Labute approximate surface area is 58.5 Å². The van der Waals surface area contributed by atoms with Gasteiger partial charge in [0, 0.05) is 19.3 Å². The number of nitrogens with zero attached hydrogens (tertiary/aromatic N) is 2. The lowest BCUT2D eigenvalue weighted by Gasteiger charge is -1.89. The van der Waals surface area contributed by atoms with Crippen LogP contribution in [0, 0.1) is 11.3 Å². The van der Waals surface area contributed by atoms with Gasteiger partial charge in [-0.05, 0) is 6.07 Å². The van der Waals surface area contributed by atoms with E-state index in [4.69, 9.17) is 5.26 Å². The quantitative estimate of drug-likeness (QED) is 0.531. The summed E-state index contributed by atoms with van der Waals surface area (Å²) in [6.45, 7) is 1.45. The fourth-order valence-corrected chi connectivity index (χ4v) is 0.659. The predicted molar refractivity (Wildman–Crippen MR) is 35.4 cm³/mol. The third-order valence-corrected chi connectivity index (χ3v) is 1.19. The molecule has 3 heteroatoms. The molecule has 0 fully saturated rings. The zero-order chi connectivity index (χ0) is 7.56. The summed E-state index contributed by atoms with van der Waals surface area (Å²) < 4.78 is 1.37. The minimum absolute atomic E-state index is 0.0819. The molecule has 0 saturated heterocycles. The van der Waals surface area contributed by atoms with E-state index < -0.39 is 0 Å². The molecule has 0 radical (unpaired) electrons. The second kappa shape index (κ2) is 2.36. The molecule has 1 aromatic rings. The van der Waals surface area contributed by atoms with Crippen LogP contribution in [0.5, 0.6) is 0 Å². The molecule has 0 atom stereocenters. The Morgan fingerprint density at radius 2 is 2.50 bits per heavy atom. The van der Waals surface area contributed by atoms with Gasteiger partial charge in [0.2, 0.25) is 5.91 Å². The number of hydrogen-bond acceptors (Lipinski definition) is 2. The van der Waals surface area contributed by atoms with Crippen molar-refractivity contribution in [3.63, 3.8) is 0 Å². The number of nitriles is 1. The molecule has 10 heavy (non-hydrogen) atoms. The van der Waals surface area contributed by atoms with Gasteiger partial charge in [0.25, 0.3) is 0 Å². The lowest BCUT2D eigenvalue weighted by atomic mass is 10.4. The molecule has 0 bridgehead atoms. The molecule has 0 spiro atoms. The summed E-state index contributed by atoms with van der Waals surface area (Å²) in [6.07, 6.45) is 3.07. The lowest BCUT2D eigenvalue weighted by Crippen LogP contribution is -2.00. The standard InChI is InChI=1S/C7H6N2O/c1-6(10)9-3-2-7(4-8)5-9/h2-3,5H,1H3. The molecular weight excluding hydrogens is 128 g/mol. The van der Waals surface area contributed by atoms with Gasteiger partial charge >= 0.3 is 0 Å². The number of carbonyl (C=O) groups excluding carboxylic acids is 1. The van der Waals surface area contributed by atoms with E-state index in [0.29, 0.717) is 5.56 Å². The summed E-state index contributed by atoms with van der Waals surface area (Å²) in [4.78, 5) is 10.6. The highest BCUT2D eigenvalue weighted by molar-refractivity contribution is 5.76. The molecule has 1 heterocycles. The Balaban J connectivity index is 3.02. The average molecular weight is 134 g/mol. The van der Waals surface area contributed by atoms with E-state index in [1.165, 1.54) is 17.7 Å². The van der Waals surface area contributed by atoms with Crippen LogP contribution < -0.4 is 0 Å². The summed E-state index contributed by atoms with van der Waals surface area (Å²) in [5.74, 6) is -0.0819. The van der Waals surface area contributed by atoms with Crippen LogP contribution in [-0.4, -0.2) is 10.5 Å². The first kappa shape index (κ1) is 6.56. The summed E-state index contributed by atoms with van der Waals surface area (Å²) in [5, 5.41) is 8.36. The molecule has 0 aromatic carbocycles. The normalized spacial score (nSPS) is 8.80. The molecule has 50 valence electrons. The molecule has 3 nitrogen and oxygen atoms in total. The molecule has 0 aliphatic heterocycles. The molecular formula is C7H6N2O. The Hall–Kier alpha value is -1.56. The Kier molecular flexibility index (Phi) is 1.55. The van der Waals surface area contributed by atoms with Gasteiger partial charge in [-0.3, -0.25) is 9.36 Å². The Bertz CT molecular complexity index is 293. The van der Waals surface area contributed by atoms with E-state index in [-0.39, 0.29) is 5.91 Å². The number of carbonyl (C=O) groups is 1. The van der Waals surface area contributed by atoms with E-state index in [0.717, 1.165) is 0 Å². The van der Waals surface area contributed by atoms with Gasteiger partial charge in [-0.15, -0.1) is 0 Å². The van der Waals surface area contributed by atoms with Crippen molar-refractivity contribution < 1.29 is 4.79 Å². The van der Waals surface area contributed by atoms with Crippen molar-refractivity contribution in [2.45, 2.75) is 6.92 Å². The van der Waals surface area contributed by atoms with Crippen molar-refractivity contribution >= 4 is 5.91 Å². The molecule has 1 aromatic heterocycles. The smallest absolute Gasteiger partial charge is 0.227 e. The van der Waals surface area contributed by atoms with Crippen LogP contribution >= 0.6 is 0 Å². The maximum absolute atomic E-state index is 10.6. The third-order valence-electron chi connectivity index (χ3n) is 1.19. The molecule has 0 amide bonds. The maximum Gasteiger partial charge on any atom is 0.227 e. The Morgan fingerprint density at radius 3 is 2.80 bits per heavy atom. The van der Waals surface area contributed by atoms with Crippen molar-refractivity contribution in [3.8, 4) is 6.07 Å². The fourth-order valence-electron chi connectivity index (χ4n) is 0.659. The molecule has 0 unspecified atom stereocenters. The van der Waals surface area contributed by atoms with Crippen LogP contribution in [0.25, 0.3) is 0 Å². The minimum Gasteiger partial charge on any atom is -0.294 e. The second-order valence-electron chi connectivity index (χ2n) is 1.94. The lowest BCUT2D eigenvalue weighted by molar-refractivity contribution is 0.0937. The first-order valence-electron chi connectivity index (χ1n) is 2.83. The number of hydrogen-bond donors (Lipinski definition) is 0. The summed E-state index contributed by atoms with van der Waals surface area (Å²) in [5.41, 5.74) is 0.509. The second-order valence-corrected chi connectivity index (χ2v) is 1.94. The predicted octanol–water partition coefficient (Wildman–Crippen LogP) is 1.02. The van der Waals surface area contributed by atoms with Gasteiger partial charge in [-0.1, -0.05) is 0 Å². The van der Waals surface area contributed by atoms with Crippen molar-refractivity contribution in [3.05, 3.63) is 24.0 Å². The highest BCUT2D eigenvalue weighted by atomic mass is 16.1. The SMILES string of the molecule is CC(=O)n1ccc(C#N)c1. The van der Waals surface area contributed by atoms with Gasteiger partial charge in [0.15, 0.2) is 0 Å². The largest absolute Gasteiger partial charge is 0.294 e. The van der Waals surface area contributed by atoms with Crippen molar-refractivity contribution in [2.24, 2.45) is 0 Å². The van der Waals surface area contributed by atoms with Gasteiger partial charge in [0.1, 0.15) is 6.07 Å². The van der Waals surface area contributed by atoms with Crippen molar-refractivity contribution in [2.75, 3.05) is 0 Å². The molecule has 1 rings (SSSR count). The summed E-state index contributed by atoms with van der Waals surface area (Å²) >= 11 is 0. The maximum atomic E-state index is 10.6. The molecule has 0 aliphatic rings. The van der Waals surface area contributed by atoms with Crippen LogP contribution in [0.2, 0.25) is 0 Å². The van der Waals surface area contributed by atoms with E-state index in [1.807, 2.05) is 6.07 Å². The zero-order valence-corrected chi connectivity index (χ0v) is 5.53. The van der Waals surface area contributed by atoms with Crippen LogP contribution in [0.3, 0.4) is 0 Å². The van der Waals surface area contributed by atoms with Crippen LogP contribution in [0.4, 0.5) is 0 Å². The van der Waals surface area contributed by atoms with Gasteiger partial charge in [-0.2, -0.15) is 5.26 Å². The van der Waals surface area contributed by atoms with Gasteiger partial charge in [0.05, 0.1) is 5.56 Å².